The molecule has 0 saturated carbocycles. The first-order chi connectivity index (χ1) is 19.5. The van der Waals surface area contributed by atoms with Gasteiger partial charge in [-0.2, -0.15) is 0 Å². The Morgan fingerprint density at radius 3 is 2.10 bits per heavy atom. The standard InChI is InChI=1S/C32H28N2O5S/c33-30(36)25-12-7-13-26(18-25)34-31(37)28(19-29(35)39-21-23-10-5-2-6-11-23)40-32(34)24-14-16-27(17-15-24)38-20-22-8-3-1-4-9-22/h1-18,28,32H,19-21H2,(H2,33,36)/t28-,32+/m1/s1. The third-order valence-electron chi connectivity index (χ3n) is 6.46. The van der Waals surface area contributed by atoms with Crippen LogP contribution in [0.3, 0.4) is 0 Å². The van der Waals surface area contributed by atoms with Crippen LogP contribution in [-0.2, 0) is 27.5 Å². The predicted molar refractivity (Wildman–Crippen MR) is 155 cm³/mol. The van der Waals surface area contributed by atoms with Gasteiger partial charge in [0.2, 0.25) is 11.8 Å². The first-order valence-electron chi connectivity index (χ1n) is 12.8. The number of ether oxygens (including phenoxy) is 2. The highest BCUT2D eigenvalue weighted by molar-refractivity contribution is 8.01. The number of hydrogen-bond acceptors (Lipinski definition) is 6. The van der Waals surface area contributed by atoms with Crippen LogP contribution >= 0.6 is 11.8 Å². The summed E-state index contributed by atoms with van der Waals surface area (Å²) in [5, 5.41) is -1.08. The Morgan fingerprint density at radius 1 is 0.800 bits per heavy atom. The van der Waals surface area contributed by atoms with Gasteiger partial charge in [0, 0.05) is 11.3 Å². The van der Waals surface area contributed by atoms with Crippen molar-refractivity contribution in [2.24, 2.45) is 5.73 Å². The number of thioether (sulfide) groups is 1. The van der Waals surface area contributed by atoms with Gasteiger partial charge in [-0.05, 0) is 47.0 Å². The van der Waals surface area contributed by atoms with Gasteiger partial charge in [-0.3, -0.25) is 19.3 Å². The van der Waals surface area contributed by atoms with E-state index in [0.717, 1.165) is 16.7 Å². The molecule has 1 fully saturated rings. The molecule has 2 N–H and O–H groups in total. The molecule has 0 bridgehead atoms. The van der Waals surface area contributed by atoms with Crippen LogP contribution in [0, 0.1) is 0 Å². The summed E-state index contributed by atoms with van der Waals surface area (Å²) in [4.78, 5) is 39.8. The second kappa shape index (κ2) is 12.5. The third kappa shape index (κ3) is 6.52. The molecule has 2 amide bonds. The molecule has 8 heteroatoms. The number of benzene rings is 4. The molecule has 0 unspecified atom stereocenters. The Bertz CT molecular complexity index is 1480. The predicted octanol–water partition coefficient (Wildman–Crippen LogP) is 5.65. The lowest BCUT2D eigenvalue weighted by atomic mass is 10.1. The third-order valence-corrected chi connectivity index (χ3v) is 7.90. The van der Waals surface area contributed by atoms with E-state index in [9.17, 15) is 14.4 Å². The quantitative estimate of drug-likeness (QED) is 0.256. The molecule has 1 aliphatic rings. The number of carbonyl (C=O) groups is 3. The first kappa shape index (κ1) is 27.0. The summed E-state index contributed by atoms with van der Waals surface area (Å²) in [7, 11) is 0. The van der Waals surface area contributed by atoms with E-state index in [2.05, 4.69) is 0 Å². The van der Waals surface area contributed by atoms with Gasteiger partial charge in [-0.1, -0.05) is 78.9 Å². The van der Waals surface area contributed by atoms with Crippen LogP contribution in [0.25, 0.3) is 0 Å². The van der Waals surface area contributed by atoms with Crippen molar-refractivity contribution in [2.75, 3.05) is 4.90 Å². The van der Waals surface area contributed by atoms with E-state index >= 15 is 0 Å². The normalized spacial score (nSPS) is 16.5. The Balaban J connectivity index is 1.34. The monoisotopic (exact) mass is 552 g/mol. The molecular formula is C32H28N2O5S. The van der Waals surface area contributed by atoms with Crippen LogP contribution in [0.1, 0.15) is 38.8 Å². The van der Waals surface area contributed by atoms with E-state index in [4.69, 9.17) is 15.2 Å². The highest BCUT2D eigenvalue weighted by Gasteiger charge is 2.43. The SMILES string of the molecule is NC(=O)c1cccc(N2C(=O)[C@@H](CC(=O)OCc3ccccc3)S[C@H]2c2ccc(OCc3ccccc3)cc2)c1. The number of amides is 2. The number of nitrogens with two attached hydrogens (primary N) is 1. The summed E-state index contributed by atoms with van der Waals surface area (Å²) < 4.78 is 11.4. The van der Waals surface area contributed by atoms with Crippen LogP contribution in [0.15, 0.2) is 109 Å². The van der Waals surface area contributed by atoms with Gasteiger partial charge in [0.05, 0.1) is 11.7 Å². The van der Waals surface area contributed by atoms with E-state index in [-0.39, 0.29) is 18.9 Å². The van der Waals surface area contributed by atoms with Crippen molar-refractivity contribution >= 4 is 35.2 Å². The highest BCUT2D eigenvalue weighted by atomic mass is 32.2. The molecule has 4 aromatic carbocycles. The smallest absolute Gasteiger partial charge is 0.307 e. The zero-order valence-corrected chi connectivity index (χ0v) is 22.5. The minimum absolute atomic E-state index is 0.0723. The molecule has 7 nitrogen and oxygen atoms in total. The molecule has 5 rings (SSSR count). The molecule has 40 heavy (non-hydrogen) atoms. The zero-order chi connectivity index (χ0) is 27.9. The van der Waals surface area contributed by atoms with E-state index in [1.54, 1.807) is 29.2 Å². The van der Waals surface area contributed by atoms with Gasteiger partial charge < -0.3 is 15.2 Å². The van der Waals surface area contributed by atoms with Crippen molar-refractivity contribution in [1.29, 1.82) is 0 Å². The van der Waals surface area contributed by atoms with Gasteiger partial charge in [0.15, 0.2) is 0 Å². The summed E-state index contributed by atoms with van der Waals surface area (Å²) in [6.07, 6.45) is -0.0723. The van der Waals surface area contributed by atoms with E-state index in [1.165, 1.54) is 11.8 Å². The average molecular weight is 553 g/mol. The van der Waals surface area contributed by atoms with E-state index < -0.39 is 22.5 Å². The fraction of sp³-hybridized carbons (Fsp3) is 0.156. The molecule has 1 heterocycles. The number of esters is 1. The molecule has 1 saturated heterocycles. The minimum Gasteiger partial charge on any atom is -0.489 e. The van der Waals surface area contributed by atoms with Gasteiger partial charge in [0.1, 0.15) is 24.3 Å². The van der Waals surface area contributed by atoms with Gasteiger partial charge >= 0.3 is 5.97 Å². The molecule has 0 aliphatic carbocycles. The maximum atomic E-state index is 13.7. The second-order valence-corrected chi connectivity index (χ2v) is 10.6. The highest BCUT2D eigenvalue weighted by Crippen LogP contribution is 2.47. The van der Waals surface area contributed by atoms with Crippen LogP contribution in [-0.4, -0.2) is 23.0 Å². The lowest BCUT2D eigenvalue weighted by Gasteiger charge is -2.25. The molecule has 2 atom stereocenters. The fourth-order valence-corrected chi connectivity index (χ4v) is 5.83. The van der Waals surface area contributed by atoms with Crippen LogP contribution in [0.2, 0.25) is 0 Å². The molecule has 0 radical (unpaired) electrons. The Morgan fingerprint density at radius 2 is 1.45 bits per heavy atom. The molecule has 1 aliphatic heterocycles. The minimum atomic E-state index is -0.653. The van der Waals surface area contributed by atoms with Crippen molar-refractivity contribution in [2.45, 2.75) is 30.3 Å². The maximum Gasteiger partial charge on any atom is 0.307 e. The number of carbonyl (C=O) groups excluding carboxylic acids is 3. The van der Waals surface area contributed by atoms with Gasteiger partial charge in [-0.25, -0.2) is 0 Å². The fourth-order valence-electron chi connectivity index (χ4n) is 4.40. The van der Waals surface area contributed by atoms with Crippen molar-refractivity contribution in [3.05, 3.63) is 131 Å². The summed E-state index contributed by atoms with van der Waals surface area (Å²) >= 11 is 1.37. The van der Waals surface area contributed by atoms with Crippen LogP contribution < -0.4 is 15.4 Å². The lowest BCUT2D eigenvalue weighted by Crippen LogP contribution is -2.32. The molecule has 202 valence electrons. The number of rotatable bonds is 10. The Kier molecular flexibility index (Phi) is 8.47. The molecule has 0 spiro atoms. The van der Waals surface area contributed by atoms with Crippen molar-refractivity contribution < 1.29 is 23.9 Å². The largest absolute Gasteiger partial charge is 0.489 e. The van der Waals surface area contributed by atoms with Crippen LogP contribution in [0.5, 0.6) is 5.75 Å². The van der Waals surface area contributed by atoms with Gasteiger partial charge in [-0.15, -0.1) is 11.8 Å². The number of anilines is 1. The second-order valence-electron chi connectivity index (χ2n) is 9.29. The molecular weight excluding hydrogens is 524 g/mol. The number of primary amides is 1. The van der Waals surface area contributed by atoms with E-state index in [1.807, 2.05) is 84.9 Å². The molecule has 4 aromatic rings. The zero-order valence-electron chi connectivity index (χ0n) is 21.6. The maximum absolute atomic E-state index is 13.7. The van der Waals surface area contributed by atoms with Crippen molar-refractivity contribution in [3.63, 3.8) is 0 Å². The molecule has 0 aromatic heterocycles. The van der Waals surface area contributed by atoms with Gasteiger partial charge in [0.25, 0.3) is 0 Å². The summed E-state index contributed by atoms with van der Waals surface area (Å²) in [5.41, 5.74) is 9.12. The topological polar surface area (TPSA) is 98.9 Å². The summed E-state index contributed by atoms with van der Waals surface area (Å²) in [6.45, 7) is 0.583. The summed E-state index contributed by atoms with van der Waals surface area (Å²) in [5.74, 6) is -0.576. The van der Waals surface area contributed by atoms with Crippen LogP contribution in [0.4, 0.5) is 5.69 Å². The Hall–Kier alpha value is -4.56. The average Bonchev–Trinajstić information content (AvgIpc) is 3.31. The number of hydrogen-bond donors (Lipinski definition) is 1. The Labute approximate surface area is 236 Å². The first-order valence-corrected chi connectivity index (χ1v) is 13.8. The lowest BCUT2D eigenvalue weighted by molar-refractivity contribution is -0.145. The number of nitrogens with zero attached hydrogens (tertiary/aromatic N) is 1. The van der Waals surface area contributed by atoms with Crippen molar-refractivity contribution in [3.8, 4) is 5.75 Å². The van der Waals surface area contributed by atoms with E-state index in [0.29, 0.717) is 23.6 Å². The summed E-state index contributed by atoms with van der Waals surface area (Å²) in [6, 6.07) is 33.5. The van der Waals surface area contributed by atoms with Crippen molar-refractivity contribution in [1.82, 2.24) is 0 Å².